The molecule has 0 saturated carbocycles. The van der Waals surface area contributed by atoms with Crippen molar-refractivity contribution >= 4 is 44.6 Å². The summed E-state index contributed by atoms with van der Waals surface area (Å²) in [5.41, 5.74) is 9.41. The van der Waals surface area contributed by atoms with Gasteiger partial charge in [0.2, 0.25) is 0 Å². The van der Waals surface area contributed by atoms with Crippen molar-refractivity contribution in [1.29, 1.82) is 0 Å². The molecule has 0 saturated heterocycles. The zero-order valence-electron chi connectivity index (χ0n) is 46.1. The molecule has 5 heteroatoms. The Balaban J connectivity index is 1.05. The van der Waals surface area contributed by atoms with Crippen molar-refractivity contribution in [1.82, 2.24) is 9.55 Å². The van der Waals surface area contributed by atoms with Crippen molar-refractivity contribution in [2.75, 3.05) is 16.5 Å². The molecule has 0 fully saturated rings. The number of anilines is 4. The number of rotatable bonds is 8. The van der Waals surface area contributed by atoms with E-state index >= 15 is 0 Å². The lowest BCUT2D eigenvalue weighted by Crippen LogP contribution is -2.25. The van der Waals surface area contributed by atoms with Gasteiger partial charge in [-0.3, -0.25) is 4.57 Å². The summed E-state index contributed by atoms with van der Waals surface area (Å²) in [4.78, 5) is 9.16. The van der Waals surface area contributed by atoms with Gasteiger partial charge in [0.15, 0.2) is 0 Å². The first-order chi connectivity index (χ1) is 35.8. The minimum atomic E-state index is -2.53. The van der Waals surface area contributed by atoms with Crippen molar-refractivity contribution in [3.63, 3.8) is 0 Å². The number of aromatic nitrogens is 2. The molecular weight excluding hydrogens is 829 g/mol. The lowest BCUT2D eigenvalue weighted by Gasteiger charge is -2.28. The van der Waals surface area contributed by atoms with Gasteiger partial charge in [-0.15, -0.1) is 0 Å². The van der Waals surface area contributed by atoms with Gasteiger partial charge in [-0.05, 0) is 111 Å². The Bertz CT molecular complexity index is 3870. The summed E-state index contributed by atoms with van der Waals surface area (Å²) in [6.07, 6.45) is 1.88. The SMILES string of the molecule is [2H]c1c([2H])c(-c2cccc(-c3ccc(-c4ccccc4)cc3C([2H])([2H])[2H])c2N2CN(c3cccc(Oc4ccc5c6ccccc6n(-c6cc(C(C)(C)C)ccn6)c5c4)c3)c3ccccc32)c([2H])c(C(C)(C)C)c1[2H]. The predicted octanol–water partition coefficient (Wildman–Crippen LogP) is 17.1. The first kappa shape index (κ1) is 35.3. The largest absolute Gasteiger partial charge is 0.457 e. The molecule has 11 rings (SSSR count). The Hall–Kier alpha value is -7.89. The molecule has 3 heterocycles. The Kier molecular flexibility index (Phi) is 8.71. The molecule has 0 N–H and O–H groups in total. The fraction of sp³-hybridized carbons (Fsp3) is 0.159. The van der Waals surface area contributed by atoms with Gasteiger partial charge in [0.1, 0.15) is 24.0 Å². The summed E-state index contributed by atoms with van der Waals surface area (Å²) in [7, 11) is 0. The van der Waals surface area contributed by atoms with Crippen LogP contribution in [0.4, 0.5) is 22.7 Å². The summed E-state index contributed by atoms with van der Waals surface area (Å²) in [5.74, 6) is 2.10. The lowest BCUT2D eigenvalue weighted by atomic mass is 9.84. The fourth-order valence-corrected chi connectivity index (χ4v) is 9.44. The van der Waals surface area contributed by atoms with Crippen molar-refractivity contribution in [2.24, 2.45) is 0 Å². The summed E-state index contributed by atoms with van der Waals surface area (Å²) in [5, 5.41) is 2.20. The molecule has 0 aliphatic carbocycles. The minimum absolute atomic E-state index is 0.00944. The van der Waals surface area contributed by atoms with Crippen LogP contribution in [0, 0.1) is 6.85 Å². The van der Waals surface area contributed by atoms with E-state index in [9.17, 15) is 2.74 Å². The summed E-state index contributed by atoms with van der Waals surface area (Å²) in [6.45, 7) is 10.1. The van der Waals surface area contributed by atoms with E-state index in [1.165, 1.54) is 5.56 Å². The summed E-state index contributed by atoms with van der Waals surface area (Å²) < 4.78 is 73.1. The quantitative estimate of drug-likeness (QED) is 0.152. The van der Waals surface area contributed by atoms with E-state index in [1.54, 1.807) is 6.07 Å². The van der Waals surface area contributed by atoms with E-state index in [1.807, 2.05) is 148 Å². The number of benzene rings is 8. The molecule has 0 bridgehead atoms. The van der Waals surface area contributed by atoms with E-state index in [-0.39, 0.29) is 47.4 Å². The Morgan fingerprint density at radius 2 is 1.26 bits per heavy atom. The van der Waals surface area contributed by atoms with Gasteiger partial charge in [0.25, 0.3) is 0 Å². The first-order valence-electron chi connectivity index (χ1n) is 26.6. The highest BCUT2D eigenvalue weighted by atomic mass is 16.5. The molecule has 10 aromatic rings. The summed E-state index contributed by atoms with van der Waals surface area (Å²) >= 11 is 0. The van der Waals surface area contributed by atoms with Gasteiger partial charge in [-0.2, -0.15) is 0 Å². The van der Waals surface area contributed by atoms with Crippen molar-refractivity contribution < 1.29 is 14.3 Å². The van der Waals surface area contributed by atoms with Crippen LogP contribution in [0.25, 0.3) is 61.0 Å². The summed E-state index contributed by atoms with van der Waals surface area (Å²) in [6, 6.07) is 54.9. The van der Waals surface area contributed by atoms with Crippen molar-refractivity contribution in [3.8, 4) is 50.7 Å². The van der Waals surface area contributed by atoms with Gasteiger partial charge in [-0.1, -0.05) is 169 Å². The second-order valence-electron chi connectivity index (χ2n) is 19.6. The second kappa shape index (κ2) is 16.8. The third-order valence-corrected chi connectivity index (χ3v) is 13.0. The predicted molar refractivity (Wildman–Crippen MR) is 286 cm³/mol. The van der Waals surface area contributed by atoms with E-state index in [2.05, 4.69) is 77.6 Å². The van der Waals surface area contributed by atoms with Gasteiger partial charge >= 0.3 is 0 Å². The minimum Gasteiger partial charge on any atom is -0.457 e. The van der Waals surface area contributed by atoms with E-state index in [0.717, 1.165) is 55.8 Å². The molecule has 0 radical (unpaired) electrons. The highest BCUT2D eigenvalue weighted by molar-refractivity contribution is 6.09. The van der Waals surface area contributed by atoms with Crippen LogP contribution in [0.15, 0.2) is 200 Å². The van der Waals surface area contributed by atoms with E-state index in [0.29, 0.717) is 39.4 Å². The Morgan fingerprint density at radius 3 is 2.07 bits per heavy atom. The molecule has 1 aliphatic rings. The molecule has 2 aromatic heterocycles. The molecule has 8 aromatic carbocycles. The Labute approximate surface area is 410 Å². The number of fused-ring (bicyclic) bond motifs is 4. The Morgan fingerprint density at radius 1 is 0.544 bits per heavy atom. The zero-order chi connectivity index (χ0) is 52.7. The average Bonchev–Trinajstić information content (AvgIpc) is 3.93. The second-order valence-corrected chi connectivity index (χ2v) is 19.6. The maximum Gasteiger partial charge on any atom is 0.137 e. The highest BCUT2D eigenvalue weighted by Crippen LogP contribution is 2.51. The van der Waals surface area contributed by atoms with Crippen LogP contribution < -0.4 is 14.5 Å². The lowest BCUT2D eigenvalue weighted by molar-refractivity contribution is 0.483. The van der Waals surface area contributed by atoms with E-state index < -0.39 is 12.3 Å². The molecule has 0 amide bonds. The number of hydrogen-bond acceptors (Lipinski definition) is 4. The topological polar surface area (TPSA) is 33.5 Å². The number of aryl methyl sites for hydroxylation is 1. The van der Waals surface area contributed by atoms with Gasteiger partial charge in [0.05, 0.1) is 33.6 Å². The van der Waals surface area contributed by atoms with Crippen LogP contribution in [0.2, 0.25) is 0 Å². The molecular formula is C63H56N4O. The van der Waals surface area contributed by atoms with Crippen LogP contribution in [-0.4, -0.2) is 16.2 Å². The first-order valence-corrected chi connectivity index (χ1v) is 23.1. The standard InChI is InChI=1S/C63H56N4O/c1-42-36-44(43-18-9-8-10-19-43)30-32-51(42)55-26-17-25-52(45-20-15-21-46(37-45)62(2,3)4)61(55)66-41-65(57-28-13-14-29-58(57)66)48-22-16-23-49(39-48)68-50-31-33-54-53-24-11-12-27-56(53)67(59(54)40-50)60-38-47(34-35-64-60)63(5,6)7/h8-40H,41H2,1-7H3/i1D3,15D,20D,21D,37D. The molecule has 334 valence electrons. The number of hydrogen-bond donors (Lipinski definition) is 0. The van der Waals surface area contributed by atoms with Crippen LogP contribution in [0.3, 0.4) is 0 Å². The van der Waals surface area contributed by atoms with Crippen LogP contribution in [0.5, 0.6) is 11.5 Å². The number of para-hydroxylation sites is 4. The van der Waals surface area contributed by atoms with E-state index in [4.69, 9.17) is 16.6 Å². The third-order valence-electron chi connectivity index (χ3n) is 13.0. The number of ether oxygens (including phenoxy) is 1. The molecule has 0 atom stereocenters. The van der Waals surface area contributed by atoms with Crippen molar-refractivity contribution in [3.05, 3.63) is 217 Å². The van der Waals surface area contributed by atoms with Gasteiger partial charge in [0, 0.05) is 50.0 Å². The van der Waals surface area contributed by atoms with Crippen molar-refractivity contribution in [2.45, 2.75) is 59.2 Å². The third kappa shape index (κ3) is 7.78. The smallest absolute Gasteiger partial charge is 0.137 e. The fourth-order valence-electron chi connectivity index (χ4n) is 9.44. The monoisotopic (exact) mass is 891 g/mol. The molecule has 1 aliphatic heterocycles. The maximum atomic E-state index is 9.76. The van der Waals surface area contributed by atoms with Gasteiger partial charge in [-0.25, -0.2) is 4.98 Å². The van der Waals surface area contributed by atoms with Gasteiger partial charge < -0.3 is 14.5 Å². The maximum absolute atomic E-state index is 9.76. The van der Waals surface area contributed by atoms with Crippen LogP contribution >= 0.6 is 0 Å². The van der Waals surface area contributed by atoms with Crippen LogP contribution in [0.1, 0.15) is 67.8 Å². The highest BCUT2D eigenvalue weighted by Gasteiger charge is 2.32. The normalized spacial score (nSPS) is 14.5. The molecule has 0 spiro atoms. The number of nitrogens with zero attached hydrogens (tertiary/aromatic N) is 4. The molecule has 5 nitrogen and oxygen atoms in total. The zero-order valence-corrected chi connectivity index (χ0v) is 39.1. The molecule has 68 heavy (non-hydrogen) atoms. The van der Waals surface area contributed by atoms with Crippen LogP contribution in [-0.2, 0) is 10.8 Å². The molecule has 0 unspecified atom stereocenters. The average molecular weight is 892 g/mol. The number of pyridine rings is 1.